The lowest BCUT2D eigenvalue weighted by Crippen LogP contribution is -2.32. The molecule has 30 heavy (non-hydrogen) atoms. The highest BCUT2D eigenvalue weighted by Crippen LogP contribution is 2.35. The number of methoxy groups -OCH3 is 2. The molecule has 2 N–H and O–H groups in total. The van der Waals surface area contributed by atoms with Gasteiger partial charge in [0.25, 0.3) is 5.91 Å². The van der Waals surface area contributed by atoms with Crippen LogP contribution >= 0.6 is 12.4 Å². The van der Waals surface area contributed by atoms with E-state index in [-0.39, 0.29) is 24.4 Å². The van der Waals surface area contributed by atoms with Crippen molar-refractivity contribution in [2.75, 3.05) is 27.3 Å². The summed E-state index contributed by atoms with van der Waals surface area (Å²) in [5.74, 6) is 1.20. The van der Waals surface area contributed by atoms with Crippen LogP contribution in [0.1, 0.15) is 16.8 Å². The molecule has 7 nitrogen and oxygen atoms in total. The Hall–Kier alpha value is -3.03. The van der Waals surface area contributed by atoms with Crippen LogP contribution in [0.5, 0.6) is 11.5 Å². The lowest BCUT2D eigenvalue weighted by molar-refractivity contribution is 0.0791. The van der Waals surface area contributed by atoms with Crippen molar-refractivity contribution in [3.63, 3.8) is 0 Å². The third-order valence-electron chi connectivity index (χ3n) is 5.14. The summed E-state index contributed by atoms with van der Waals surface area (Å²) in [6.07, 6.45) is 2.58. The molecule has 0 aliphatic carbocycles. The van der Waals surface area contributed by atoms with Crippen LogP contribution in [0.4, 0.5) is 0 Å². The summed E-state index contributed by atoms with van der Waals surface area (Å²) in [5, 5.41) is 4.75. The van der Waals surface area contributed by atoms with E-state index >= 15 is 0 Å². The zero-order chi connectivity index (χ0) is 20.4. The molecule has 0 bridgehead atoms. The Bertz CT molecular complexity index is 1020. The average molecular weight is 429 g/mol. The number of likely N-dealkylation sites (tertiary alicyclic amines) is 1. The monoisotopic (exact) mass is 428 g/mol. The second kappa shape index (κ2) is 9.19. The van der Waals surface area contributed by atoms with Gasteiger partial charge in [-0.05, 0) is 36.8 Å². The minimum Gasteiger partial charge on any atom is -0.497 e. The summed E-state index contributed by atoms with van der Waals surface area (Å²) in [6.45, 7) is 1.19. The van der Waals surface area contributed by atoms with Crippen LogP contribution in [0.3, 0.4) is 0 Å². The molecule has 2 heterocycles. The van der Waals surface area contributed by atoms with Crippen molar-refractivity contribution in [2.24, 2.45) is 5.73 Å². The minimum atomic E-state index is -0.0833. The van der Waals surface area contributed by atoms with Gasteiger partial charge in [0, 0.05) is 30.9 Å². The standard InChI is InChI=1S/C22H24N4O3.ClH/c1-28-17-8-9-20(29-2)18(12-17)21-19(22(27)25-11-10-15(23)13-25)14-26(24-21)16-6-4-3-5-7-16;/h3-9,12,14-15H,10-11,13,23H2,1-2H3;1H/t15-;/m1./s1. The molecule has 3 aromatic rings. The fraction of sp³-hybridized carbons (Fsp3) is 0.273. The number of rotatable bonds is 5. The molecule has 1 fully saturated rings. The largest absolute Gasteiger partial charge is 0.497 e. The van der Waals surface area contributed by atoms with Crippen LogP contribution in [0.25, 0.3) is 16.9 Å². The second-order valence-electron chi connectivity index (χ2n) is 7.04. The van der Waals surface area contributed by atoms with Gasteiger partial charge < -0.3 is 20.1 Å². The summed E-state index contributed by atoms with van der Waals surface area (Å²) in [4.78, 5) is 15.1. The number of hydrogen-bond donors (Lipinski definition) is 1. The smallest absolute Gasteiger partial charge is 0.257 e. The van der Waals surface area contributed by atoms with Crippen molar-refractivity contribution in [3.8, 4) is 28.4 Å². The third kappa shape index (κ3) is 4.13. The van der Waals surface area contributed by atoms with Crippen molar-refractivity contribution in [3.05, 3.63) is 60.3 Å². The number of carbonyl (C=O) groups is 1. The van der Waals surface area contributed by atoms with Crippen LogP contribution in [-0.4, -0.2) is 53.9 Å². The molecule has 1 amide bonds. The molecule has 0 unspecified atom stereocenters. The van der Waals surface area contributed by atoms with Crippen molar-refractivity contribution in [1.29, 1.82) is 0 Å². The molecule has 1 saturated heterocycles. The first kappa shape index (κ1) is 21.7. The number of nitrogens with two attached hydrogens (primary N) is 1. The van der Waals surface area contributed by atoms with Gasteiger partial charge in [0.1, 0.15) is 17.2 Å². The van der Waals surface area contributed by atoms with Gasteiger partial charge in [0.15, 0.2) is 0 Å². The third-order valence-corrected chi connectivity index (χ3v) is 5.14. The summed E-state index contributed by atoms with van der Waals surface area (Å²) in [5.41, 5.74) is 8.65. The number of carbonyl (C=O) groups excluding carboxylic acids is 1. The molecule has 2 aromatic carbocycles. The Morgan fingerprint density at radius 2 is 1.90 bits per heavy atom. The average Bonchev–Trinajstić information content (AvgIpc) is 3.40. The van der Waals surface area contributed by atoms with Gasteiger partial charge in [0.05, 0.1) is 25.5 Å². The molecule has 8 heteroatoms. The van der Waals surface area contributed by atoms with Crippen molar-refractivity contribution >= 4 is 18.3 Å². The van der Waals surface area contributed by atoms with Crippen LogP contribution in [0, 0.1) is 0 Å². The van der Waals surface area contributed by atoms with Crippen LogP contribution < -0.4 is 15.2 Å². The summed E-state index contributed by atoms with van der Waals surface area (Å²) < 4.78 is 12.6. The fourth-order valence-electron chi connectivity index (χ4n) is 3.58. The van der Waals surface area contributed by atoms with E-state index in [2.05, 4.69) is 0 Å². The van der Waals surface area contributed by atoms with Gasteiger partial charge >= 0.3 is 0 Å². The Labute approximate surface area is 181 Å². The maximum atomic E-state index is 13.3. The van der Waals surface area contributed by atoms with Gasteiger partial charge in [-0.3, -0.25) is 4.79 Å². The molecule has 0 saturated carbocycles. The van der Waals surface area contributed by atoms with E-state index in [9.17, 15) is 4.79 Å². The van der Waals surface area contributed by atoms with Crippen molar-refractivity contribution in [2.45, 2.75) is 12.5 Å². The predicted molar refractivity (Wildman–Crippen MR) is 118 cm³/mol. The molecule has 158 valence electrons. The minimum absolute atomic E-state index is 0. The summed E-state index contributed by atoms with van der Waals surface area (Å²) in [6, 6.07) is 15.2. The molecule has 0 spiro atoms. The Morgan fingerprint density at radius 3 is 2.53 bits per heavy atom. The highest BCUT2D eigenvalue weighted by Gasteiger charge is 2.29. The number of amides is 1. The number of ether oxygens (including phenoxy) is 2. The predicted octanol–water partition coefficient (Wildman–Crippen LogP) is 3.15. The van der Waals surface area contributed by atoms with Crippen molar-refractivity contribution < 1.29 is 14.3 Å². The lowest BCUT2D eigenvalue weighted by atomic mass is 10.1. The maximum absolute atomic E-state index is 13.3. The quantitative estimate of drug-likeness (QED) is 0.675. The first-order valence-corrected chi connectivity index (χ1v) is 9.53. The molecule has 4 rings (SSSR count). The summed E-state index contributed by atoms with van der Waals surface area (Å²) in [7, 11) is 3.20. The molecule has 1 aromatic heterocycles. The first-order chi connectivity index (χ1) is 14.1. The highest BCUT2D eigenvalue weighted by atomic mass is 35.5. The van der Waals surface area contributed by atoms with Crippen molar-refractivity contribution in [1.82, 2.24) is 14.7 Å². The molecule has 1 atom stereocenters. The van der Waals surface area contributed by atoms with Gasteiger partial charge in [-0.15, -0.1) is 12.4 Å². The Kier molecular flexibility index (Phi) is 6.64. The van der Waals surface area contributed by atoms with E-state index in [1.54, 1.807) is 30.0 Å². The van der Waals surface area contributed by atoms with Crippen LogP contribution in [0.2, 0.25) is 0 Å². The Balaban J connectivity index is 0.00000256. The molecule has 0 radical (unpaired) electrons. The molecular weight excluding hydrogens is 404 g/mol. The number of benzene rings is 2. The molecule has 1 aliphatic heterocycles. The summed E-state index contributed by atoms with van der Waals surface area (Å²) >= 11 is 0. The van der Waals surface area contributed by atoms with Gasteiger partial charge in [0.2, 0.25) is 0 Å². The van der Waals surface area contributed by atoms with Gasteiger partial charge in [-0.25, -0.2) is 4.68 Å². The zero-order valence-electron chi connectivity index (χ0n) is 16.9. The van der Waals surface area contributed by atoms with Crippen LogP contribution in [0.15, 0.2) is 54.7 Å². The van der Waals surface area contributed by atoms with Gasteiger partial charge in [-0.1, -0.05) is 18.2 Å². The van der Waals surface area contributed by atoms with E-state index in [4.69, 9.17) is 20.3 Å². The Morgan fingerprint density at radius 1 is 1.13 bits per heavy atom. The number of para-hydroxylation sites is 1. The lowest BCUT2D eigenvalue weighted by Gasteiger charge is -2.16. The van der Waals surface area contributed by atoms with E-state index in [0.717, 1.165) is 12.1 Å². The molecular formula is C22H25ClN4O3. The van der Waals surface area contributed by atoms with E-state index < -0.39 is 0 Å². The topological polar surface area (TPSA) is 82.6 Å². The SMILES string of the molecule is COc1ccc(OC)c(-c2nn(-c3ccccc3)cc2C(=O)N2CC[C@@H](N)C2)c1.Cl. The van der Waals surface area contributed by atoms with E-state index in [0.29, 0.717) is 41.4 Å². The highest BCUT2D eigenvalue weighted by molar-refractivity contribution is 6.00. The zero-order valence-corrected chi connectivity index (χ0v) is 17.8. The maximum Gasteiger partial charge on any atom is 0.257 e. The fourth-order valence-corrected chi connectivity index (χ4v) is 3.58. The number of halogens is 1. The number of hydrogen-bond acceptors (Lipinski definition) is 5. The van der Waals surface area contributed by atoms with E-state index in [1.165, 1.54) is 0 Å². The molecule has 1 aliphatic rings. The van der Waals surface area contributed by atoms with Gasteiger partial charge in [-0.2, -0.15) is 5.10 Å². The normalized spacial score (nSPS) is 15.6. The van der Waals surface area contributed by atoms with E-state index in [1.807, 2.05) is 48.5 Å². The first-order valence-electron chi connectivity index (χ1n) is 9.53. The second-order valence-corrected chi connectivity index (χ2v) is 7.04. The number of aromatic nitrogens is 2. The number of nitrogens with zero attached hydrogens (tertiary/aromatic N) is 3. The van der Waals surface area contributed by atoms with Crippen LogP contribution in [-0.2, 0) is 0 Å².